The number of piperidine rings is 1. The Morgan fingerprint density at radius 3 is 2.74 bits per heavy atom. The zero-order valence-corrected chi connectivity index (χ0v) is 20.2. The first kappa shape index (κ1) is 23.7. The number of anilines is 2. The van der Waals surface area contributed by atoms with E-state index < -0.39 is 10.7 Å². The lowest BCUT2D eigenvalue weighted by Crippen LogP contribution is -2.46. The van der Waals surface area contributed by atoms with Gasteiger partial charge in [-0.3, -0.25) is 10.1 Å². The van der Waals surface area contributed by atoms with Crippen LogP contribution < -0.4 is 10.1 Å². The maximum atomic E-state index is 13.5. The lowest BCUT2D eigenvalue weighted by molar-refractivity contribution is -0.385. The molecule has 1 spiro atoms. The fourth-order valence-corrected chi connectivity index (χ4v) is 5.53. The summed E-state index contributed by atoms with van der Waals surface area (Å²) >= 11 is 5.86. The number of hydrogen-bond donors (Lipinski definition) is 1. The van der Waals surface area contributed by atoms with Gasteiger partial charge in [0.1, 0.15) is 18.0 Å². The van der Waals surface area contributed by atoms with Crippen LogP contribution in [0.15, 0.2) is 36.7 Å². The van der Waals surface area contributed by atoms with Gasteiger partial charge in [0.15, 0.2) is 5.75 Å². The first-order chi connectivity index (χ1) is 16.8. The summed E-state index contributed by atoms with van der Waals surface area (Å²) < 4.78 is 19.4. The molecule has 1 aliphatic carbocycles. The maximum Gasteiger partial charge on any atom is 0.311 e. The summed E-state index contributed by atoms with van der Waals surface area (Å²) in [5, 5.41) is 15.3. The summed E-state index contributed by atoms with van der Waals surface area (Å²) in [5.41, 5.74) is 1.36. The summed E-state index contributed by atoms with van der Waals surface area (Å²) in [4.78, 5) is 22.2. The number of halogens is 2. The molecule has 0 amide bonds. The van der Waals surface area contributed by atoms with Crippen molar-refractivity contribution >= 4 is 39.7 Å². The number of nitro benzene ring substituents is 1. The Bertz CT molecular complexity index is 1260. The summed E-state index contributed by atoms with van der Waals surface area (Å²) in [5.74, 6) is 0.625. The molecule has 2 aliphatic rings. The van der Waals surface area contributed by atoms with E-state index >= 15 is 0 Å². The minimum Gasteiger partial charge on any atom is -0.487 e. The number of aromatic nitrogens is 2. The molecule has 35 heavy (non-hydrogen) atoms. The Balaban J connectivity index is 1.28. The molecule has 2 fully saturated rings. The van der Waals surface area contributed by atoms with E-state index in [9.17, 15) is 14.5 Å². The number of fused-ring (bicyclic) bond motifs is 1. The Kier molecular flexibility index (Phi) is 6.46. The highest BCUT2D eigenvalue weighted by molar-refractivity contribution is 6.31. The monoisotopic (exact) mass is 499 g/mol. The van der Waals surface area contributed by atoms with E-state index in [1.807, 2.05) is 0 Å². The van der Waals surface area contributed by atoms with Crippen LogP contribution in [0.25, 0.3) is 10.9 Å². The normalized spacial score (nSPS) is 17.9. The highest BCUT2D eigenvalue weighted by atomic mass is 35.5. The fourth-order valence-electron chi connectivity index (χ4n) is 5.35. The standard InChI is InChI=1S/C25H27ClFN5O3/c1-31-7-5-25(6-8-31)13-16(14-25)4-9-35-23-12-21-18(11-22(23)32(33)34)24(29-15-28-21)30-17-2-3-20(27)19(26)10-17/h2-3,10-12,15-16H,4-9,13-14H2,1H3,(H,28,29,30). The Morgan fingerprint density at radius 1 is 1.26 bits per heavy atom. The summed E-state index contributed by atoms with van der Waals surface area (Å²) in [6, 6.07) is 7.16. The van der Waals surface area contributed by atoms with Gasteiger partial charge in [-0.2, -0.15) is 0 Å². The molecule has 2 heterocycles. The van der Waals surface area contributed by atoms with E-state index in [1.54, 1.807) is 6.07 Å². The third-order valence-corrected chi connectivity index (χ3v) is 7.66. The Hall–Kier alpha value is -3.04. The van der Waals surface area contributed by atoms with E-state index in [1.165, 1.54) is 69.4 Å². The number of hydrogen-bond acceptors (Lipinski definition) is 7. The van der Waals surface area contributed by atoms with Crippen LogP contribution in [-0.2, 0) is 0 Å². The molecule has 0 unspecified atom stereocenters. The molecule has 0 radical (unpaired) electrons. The third kappa shape index (κ3) is 5.01. The number of nitro groups is 1. The van der Waals surface area contributed by atoms with Crippen molar-refractivity contribution < 1.29 is 14.1 Å². The van der Waals surface area contributed by atoms with Crippen LogP contribution in [0.3, 0.4) is 0 Å². The number of nitrogens with one attached hydrogen (secondary N) is 1. The zero-order valence-electron chi connectivity index (χ0n) is 19.5. The third-order valence-electron chi connectivity index (χ3n) is 7.37. The predicted octanol–water partition coefficient (Wildman–Crippen LogP) is 5.97. The Morgan fingerprint density at radius 2 is 2.03 bits per heavy atom. The first-order valence-electron chi connectivity index (χ1n) is 11.8. The van der Waals surface area contributed by atoms with Crippen LogP contribution >= 0.6 is 11.6 Å². The minimum atomic E-state index is -0.536. The molecular formula is C25H27ClFN5O3. The quantitative estimate of drug-likeness (QED) is 0.316. The van der Waals surface area contributed by atoms with Crippen molar-refractivity contribution in [1.82, 2.24) is 14.9 Å². The molecule has 1 aromatic heterocycles. The van der Waals surface area contributed by atoms with Gasteiger partial charge in [0.05, 0.1) is 27.5 Å². The summed E-state index contributed by atoms with van der Waals surface area (Å²) in [6.07, 6.45) is 7.21. The second-order valence-corrected chi connectivity index (χ2v) is 10.2. The number of ether oxygens (including phenoxy) is 1. The topological polar surface area (TPSA) is 93.4 Å². The maximum absolute atomic E-state index is 13.5. The van der Waals surface area contributed by atoms with Crippen molar-refractivity contribution in [1.29, 1.82) is 0 Å². The van der Waals surface area contributed by atoms with Crippen molar-refractivity contribution in [2.75, 3.05) is 32.1 Å². The van der Waals surface area contributed by atoms with Gasteiger partial charge in [0.2, 0.25) is 0 Å². The van der Waals surface area contributed by atoms with Crippen molar-refractivity contribution in [3.05, 3.63) is 57.6 Å². The van der Waals surface area contributed by atoms with Gasteiger partial charge in [0.25, 0.3) is 0 Å². The van der Waals surface area contributed by atoms with Gasteiger partial charge >= 0.3 is 5.69 Å². The SMILES string of the molecule is CN1CCC2(CC1)CC(CCOc1cc3ncnc(Nc4ccc(F)c(Cl)c4)c3cc1[N+](=O)[O-])C2. The van der Waals surface area contributed by atoms with E-state index in [0.717, 1.165) is 6.42 Å². The molecule has 1 saturated carbocycles. The van der Waals surface area contributed by atoms with Gasteiger partial charge < -0.3 is 15.0 Å². The van der Waals surface area contributed by atoms with Crippen LogP contribution in [0, 0.1) is 27.3 Å². The van der Waals surface area contributed by atoms with Gasteiger partial charge in [-0.15, -0.1) is 0 Å². The molecule has 1 aliphatic heterocycles. The molecule has 0 atom stereocenters. The number of benzene rings is 2. The number of likely N-dealkylation sites (tertiary alicyclic amines) is 1. The second-order valence-electron chi connectivity index (χ2n) is 9.79. The van der Waals surface area contributed by atoms with Crippen LogP contribution in [0.1, 0.15) is 32.1 Å². The highest BCUT2D eigenvalue weighted by Crippen LogP contribution is 2.53. The smallest absolute Gasteiger partial charge is 0.311 e. The van der Waals surface area contributed by atoms with Crippen LogP contribution in [0.5, 0.6) is 5.75 Å². The zero-order chi connectivity index (χ0) is 24.6. The van der Waals surface area contributed by atoms with E-state index in [2.05, 4.69) is 27.2 Å². The largest absolute Gasteiger partial charge is 0.487 e. The summed E-state index contributed by atoms with van der Waals surface area (Å²) in [6.45, 7) is 2.76. The van der Waals surface area contributed by atoms with Crippen LogP contribution in [0.2, 0.25) is 5.02 Å². The molecule has 0 bridgehead atoms. The van der Waals surface area contributed by atoms with Gasteiger partial charge in [-0.05, 0) is 81.8 Å². The lowest BCUT2D eigenvalue weighted by atomic mass is 9.57. The molecule has 10 heteroatoms. The van der Waals surface area contributed by atoms with E-state index in [0.29, 0.717) is 40.3 Å². The van der Waals surface area contributed by atoms with E-state index in [4.69, 9.17) is 16.3 Å². The molecule has 1 saturated heterocycles. The molecule has 184 valence electrons. The summed E-state index contributed by atoms with van der Waals surface area (Å²) in [7, 11) is 2.18. The van der Waals surface area contributed by atoms with Gasteiger partial charge in [0, 0.05) is 17.8 Å². The predicted molar refractivity (Wildman–Crippen MR) is 133 cm³/mol. The van der Waals surface area contributed by atoms with Crippen molar-refractivity contribution in [2.24, 2.45) is 11.3 Å². The second kappa shape index (κ2) is 9.54. The minimum absolute atomic E-state index is 0.0387. The van der Waals surface area contributed by atoms with Crippen molar-refractivity contribution in [2.45, 2.75) is 32.1 Å². The Labute approximate surface area is 207 Å². The van der Waals surface area contributed by atoms with E-state index in [-0.39, 0.29) is 16.5 Å². The molecule has 2 aromatic carbocycles. The van der Waals surface area contributed by atoms with Crippen LogP contribution in [-0.4, -0.2) is 46.5 Å². The molecule has 5 rings (SSSR count). The van der Waals surface area contributed by atoms with Crippen molar-refractivity contribution in [3.8, 4) is 5.75 Å². The van der Waals surface area contributed by atoms with Crippen LogP contribution in [0.4, 0.5) is 21.6 Å². The molecular weight excluding hydrogens is 473 g/mol. The number of nitrogens with zero attached hydrogens (tertiary/aromatic N) is 4. The fraction of sp³-hybridized carbons (Fsp3) is 0.440. The first-order valence-corrected chi connectivity index (χ1v) is 12.2. The highest BCUT2D eigenvalue weighted by Gasteiger charge is 2.44. The molecule has 1 N–H and O–H groups in total. The van der Waals surface area contributed by atoms with Gasteiger partial charge in [-0.25, -0.2) is 14.4 Å². The molecule has 8 nitrogen and oxygen atoms in total. The average Bonchev–Trinajstić information content (AvgIpc) is 2.81. The van der Waals surface area contributed by atoms with Gasteiger partial charge in [-0.1, -0.05) is 11.6 Å². The number of rotatable bonds is 7. The average molecular weight is 500 g/mol. The van der Waals surface area contributed by atoms with Crippen molar-refractivity contribution in [3.63, 3.8) is 0 Å². The lowest BCUT2D eigenvalue weighted by Gasteiger charge is -2.52. The molecule has 3 aromatic rings.